The highest BCUT2D eigenvalue weighted by molar-refractivity contribution is 6.20. The number of hydrogen-bond donors (Lipinski definition) is 0. The smallest absolute Gasteiger partial charge is 0.229 e. The van der Waals surface area contributed by atoms with E-state index in [4.69, 9.17) is 16.1 Å². The van der Waals surface area contributed by atoms with Gasteiger partial charge in [-0.15, -0.1) is 11.6 Å². The minimum absolute atomic E-state index is 0.108. The lowest BCUT2D eigenvalue weighted by Gasteiger charge is -2.38. The molecule has 0 saturated heterocycles. The summed E-state index contributed by atoms with van der Waals surface area (Å²) in [5.41, 5.74) is 0. The Kier molecular flexibility index (Phi) is 4.11. The highest BCUT2D eigenvalue weighted by atomic mass is 35.5. The molecule has 1 heterocycles. The van der Waals surface area contributed by atoms with Crippen LogP contribution in [0.4, 0.5) is 0 Å². The summed E-state index contributed by atoms with van der Waals surface area (Å²) in [6.07, 6.45) is 10.3. The molecule has 3 rings (SSSR count). The van der Waals surface area contributed by atoms with E-state index in [0.717, 1.165) is 24.1 Å². The summed E-state index contributed by atoms with van der Waals surface area (Å²) in [6.45, 7) is 2.04. The van der Waals surface area contributed by atoms with Gasteiger partial charge in [0.05, 0.1) is 5.38 Å². The molecule has 0 spiro atoms. The maximum Gasteiger partial charge on any atom is 0.229 e. The summed E-state index contributed by atoms with van der Waals surface area (Å²) in [5.74, 6) is 3.83. The zero-order valence-corrected chi connectivity index (χ0v) is 12.4. The van der Waals surface area contributed by atoms with Crippen molar-refractivity contribution in [3.63, 3.8) is 0 Å². The molecular formula is C15H23ClN2O. The molecular weight excluding hydrogens is 260 g/mol. The van der Waals surface area contributed by atoms with Crippen molar-refractivity contribution in [2.75, 3.05) is 0 Å². The van der Waals surface area contributed by atoms with E-state index < -0.39 is 0 Å². The zero-order chi connectivity index (χ0) is 13.2. The van der Waals surface area contributed by atoms with E-state index >= 15 is 0 Å². The Labute approximate surface area is 120 Å². The van der Waals surface area contributed by atoms with Gasteiger partial charge in [0.15, 0.2) is 5.82 Å². The van der Waals surface area contributed by atoms with Gasteiger partial charge < -0.3 is 4.52 Å². The minimum Gasteiger partial charge on any atom is -0.339 e. The average Bonchev–Trinajstić information content (AvgIpc) is 2.95. The number of hydrogen-bond acceptors (Lipinski definition) is 3. The van der Waals surface area contributed by atoms with Gasteiger partial charge in [-0.3, -0.25) is 0 Å². The van der Waals surface area contributed by atoms with Crippen molar-refractivity contribution < 1.29 is 4.52 Å². The molecule has 106 valence electrons. The summed E-state index contributed by atoms with van der Waals surface area (Å²) < 4.78 is 5.46. The van der Waals surface area contributed by atoms with E-state index in [2.05, 4.69) is 10.1 Å². The largest absolute Gasteiger partial charge is 0.339 e. The second-order valence-electron chi connectivity index (χ2n) is 6.18. The quantitative estimate of drug-likeness (QED) is 0.745. The van der Waals surface area contributed by atoms with Crippen molar-refractivity contribution in [1.82, 2.24) is 10.1 Å². The number of alkyl halides is 1. The highest BCUT2D eigenvalue weighted by Gasteiger charge is 2.35. The topological polar surface area (TPSA) is 38.9 Å². The average molecular weight is 283 g/mol. The van der Waals surface area contributed by atoms with E-state index in [0.29, 0.717) is 11.7 Å². The van der Waals surface area contributed by atoms with E-state index in [1.165, 1.54) is 44.9 Å². The first-order chi connectivity index (χ1) is 9.28. The standard InChI is InChI=1S/C15H23ClN2O/c1-2-13(16)14-17-15(19-18-14)12-8-7-10-5-3-4-6-11(10)9-12/h10-13H,2-9H2,1H3. The Morgan fingerprint density at radius 1 is 1.21 bits per heavy atom. The van der Waals surface area contributed by atoms with E-state index in [-0.39, 0.29) is 5.38 Å². The van der Waals surface area contributed by atoms with Crippen LogP contribution in [0.5, 0.6) is 0 Å². The fourth-order valence-corrected chi connectivity index (χ4v) is 3.91. The van der Waals surface area contributed by atoms with Crippen molar-refractivity contribution in [2.24, 2.45) is 11.8 Å². The molecule has 1 aromatic rings. The van der Waals surface area contributed by atoms with Gasteiger partial charge in [-0.25, -0.2) is 0 Å². The molecule has 1 aromatic heterocycles. The molecule has 2 saturated carbocycles. The van der Waals surface area contributed by atoms with E-state index in [1.54, 1.807) is 0 Å². The molecule has 2 aliphatic rings. The van der Waals surface area contributed by atoms with Crippen molar-refractivity contribution >= 4 is 11.6 Å². The molecule has 0 aromatic carbocycles. The Morgan fingerprint density at radius 3 is 2.79 bits per heavy atom. The van der Waals surface area contributed by atoms with Crippen LogP contribution in [-0.2, 0) is 0 Å². The second kappa shape index (κ2) is 5.82. The Balaban J connectivity index is 1.67. The molecule has 0 aliphatic heterocycles. The Morgan fingerprint density at radius 2 is 2.00 bits per heavy atom. The van der Waals surface area contributed by atoms with Gasteiger partial charge in [-0.1, -0.05) is 37.8 Å². The van der Waals surface area contributed by atoms with Gasteiger partial charge in [-0.2, -0.15) is 4.98 Å². The summed E-state index contributed by atoms with van der Waals surface area (Å²) >= 11 is 6.17. The zero-order valence-electron chi connectivity index (χ0n) is 11.6. The number of nitrogens with zero attached hydrogens (tertiary/aromatic N) is 2. The molecule has 4 atom stereocenters. The molecule has 4 heteroatoms. The molecule has 0 amide bonds. The summed E-state index contributed by atoms with van der Waals surface area (Å²) in [6, 6.07) is 0. The van der Waals surface area contributed by atoms with Gasteiger partial charge in [0.2, 0.25) is 5.89 Å². The predicted molar refractivity (Wildman–Crippen MR) is 75.2 cm³/mol. The van der Waals surface area contributed by atoms with Gasteiger partial charge >= 0.3 is 0 Å². The van der Waals surface area contributed by atoms with Gasteiger partial charge in [0.25, 0.3) is 0 Å². The third kappa shape index (κ3) is 2.81. The first-order valence-corrected chi connectivity index (χ1v) is 8.19. The molecule has 0 radical (unpaired) electrons. The molecule has 2 fully saturated rings. The molecule has 0 N–H and O–H groups in total. The summed E-state index contributed by atoms with van der Waals surface area (Å²) in [4.78, 5) is 4.53. The Hall–Kier alpha value is -0.570. The highest BCUT2D eigenvalue weighted by Crippen LogP contribution is 2.45. The van der Waals surface area contributed by atoms with Crippen LogP contribution >= 0.6 is 11.6 Å². The van der Waals surface area contributed by atoms with Crippen LogP contribution in [0.2, 0.25) is 0 Å². The lowest BCUT2D eigenvalue weighted by atomic mass is 9.67. The molecule has 0 bridgehead atoms. The fourth-order valence-electron chi connectivity index (χ4n) is 3.82. The SMILES string of the molecule is CCC(Cl)c1noc(C2CCC3CCCCC3C2)n1. The monoisotopic (exact) mass is 282 g/mol. The lowest BCUT2D eigenvalue weighted by Crippen LogP contribution is -2.27. The fraction of sp³-hybridized carbons (Fsp3) is 0.867. The lowest BCUT2D eigenvalue weighted by molar-refractivity contribution is 0.142. The second-order valence-corrected chi connectivity index (χ2v) is 6.71. The third-order valence-corrected chi connectivity index (χ3v) is 5.49. The van der Waals surface area contributed by atoms with Crippen LogP contribution < -0.4 is 0 Å². The number of halogens is 1. The number of rotatable bonds is 3. The van der Waals surface area contributed by atoms with E-state index in [1.807, 2.05) is 6.92 Å². The van der Waals surface area contributed by atoms with Gasteiger partial charge in [0, 0.05) is 5.92 Å². The molecule has 4 unspecified atom stereocenters. The maximum absolute atomic E-state index is 6.17. The first kappa shape index (κ1) is 13.4. The third-order valence-electron chi connectivity index (χ3n) is 4.98. The van der Waals surface area contributed by atoms with Crippen LogP contribution in [-0.4, -0.2) is 10.1 Å². The number of aromatic nitrogens is 2. The normalized spacial score (nSPS) is 32.8. The first-order valence-electron chi connectivity index (χ1n) is 7.75. The van der Waals surface area contributed by atoms with Gasteiger partial charge in [0.1, 0.15) is 0 Å². The molecule has 19 heavy (non-hydrogen) atoms. The van der Waals surface area contributed by atoms with Crippen LogP contribution in [0, 0.1) is 11.8 Å². The van der Waals surface area contributed by atoms with Crippen molar-refractivity contribution in [3.8, 4) is 0 Å². The van der Waals surface area contributed by atoms with Crippen molar-refractivity contribution in [1.29, 1.82) is 0 Å². The minimum atomic E-state index is -0.108. The van der Waals surface area contributed by atoms with Crippen LogP contribution in [0.25, 0.3) is 0 Å². The van der Waals surface area contributed by atoms with Crippen molar-refractivity contribution in [3.05, 3.63) is 11.7 Å². The molecule has 3 nitrogen and oxygen atoms in total. The van der Waals surface area contributed by atoms with Crippen molar-refractivity contribution in [2.45, 2.75) is 69.6 Å². The summed E-state index contributed by atoms with van der Waals surface area (Å²) in [5, 5.41) is 3.94. The van der Waals surface area contributed by atoms with Gasteiger partial charge in [-0.05, 0) is 37.5 Å². The van der Waals surface area contributed by atoms with Crippen LogP contribution in [0.15, 0.2) is 4.52 Å². The maximum atomic E-state index is 6.17. The molecule has 2 aliphatic carbocycles. The number of fused-ring (bicyclic) bond motifs is 1. The predicted octanol–water partition coefficient (Wildman–Crippen LogP) is 4.83. The van der Waals surface area contributed by atoms with E-state index in [9.17, 15) is 0 Å². The Bertz CT molecular complexity index is 420. The van der Waals surface area contributed by atoms with Crippen LogP contribution in [0.3, 0.4) is 0 Å². The van der Waals surface area contributed by atoms with Crippen LogP contribution in [0.1, 0.15) is 81.3 Å². The summed E-state index contributed by atoms with van der Waals surface area (Å²) in [7, 11) is 0.